The molecule has 1 atom stereocenters. The summed E-state index contributed by atoms with van der Waals surface area (Å²) in [5.41, 5.74) is 0.858. The van der Waals surface area contributed by atoms with Crippen molar-refractivity contribution in [1.82, 2.24) is 4.90 Å². The van der Waals surface area contributed by atoms with Gasteiger partial charge >= 0.3 is 0 Å². The third-order valence-corrected chi connectivity index (χ3v) is 2.87. The molecule has 1 fully saturated rings. The lowest BCUT2D eigenvalue weighted by molar-refractivity contribution is -0.129. The molecule has 1 aliphatic heterocycles. The number of carbonyl (C=O) groups excluding carboxylic acids is 1. The molecule has 0 radical (unpaired) electrons. The van der Waals surface area contributed by atoms with Crippen LogP contribution in [0, 0.1) is 5.82 Å². The number of rotatable bonds is 2. The molecule has 0 aromatic heterocycles. The number of likely N-dealkylation sites (tertiary alicyclic amines) is 1. The zero-order valence-corrected chi connectivity index (χ0v) is 8.74. The van der Waals surface area contributed by atoms with E-state index in [9.17, 15) is 9.18 Å². The first-order chi connectivity index (χ1) is 7.16. The largest absolute Gasteiger partial charge is 0.336 e. The zero-order valence-electron chi connectivity index (χ0n) is 8.74. The molecule has 1 amide bonds. The Morgan fingerprint density at radius 2 is 2.33 bits per heavy atom. The van der Waals surface area contributed by atoms with Crippen LogP contribution in [-0.4, -0.2) is 16.8 Å². The lowest BCUT2D eigenvalue weighted by atomic mass is 10.2. The summed E-state index contributed by atoms with van der Waals surface area (Å²) in [5, 5.41) is 0. The number of halogens is 1. The molecular weight excluding hydrogens is 193 g/mol. The molecule has 2 nitrogen and oxygen atoms in total. The van der Waals surface area contributed by atoms with Gasteiger partial charge in [-0.3, -0.25) is 4.79 Å². The van der Waals surface area contributed by atoms with Crippen LogP contribution in [-0.2, 0) is 11.3 Å². The highest BCUT2D eigenvalue weighted by molar-refractivity contribution is 5.78. The van der Waals surface area contributed by atoms with E-state index in [1.807, 2.05) is 17.9 Å². The van der Waals surface area contributed by atoms with Crippen LogP contribution in [0.15, 0.2) is 24.3 Å². The van der Waals surface area contributed by atoms with E-state index < -0.39 is 0 Å². The number of amides is 1. The summed E-state index contributed by atoms with van der Waals surface area (Å²) >= 11 is 0. The maximum absolute atomic E-state index is 12.9. The average molecular weight is 207 g/mol. The molecule has 1 aliphatic rings. The lowest BCUT2D eigenvalue weighted by Crippen LogP contribution is -2.30. The quantitative estimate of drug-likeness (QED) is 0.729. The van der Waals surface area contributed by atoms with Gasteiger partial charge in [0.1, 0.15) is 5.82 Å². The Labute approximate surface area is 88.7 Å². The highest BCUT2D eigenvalue weighted by Gasteiger charge is 2.27. The minimum atomic E-state index is -0.244. The van der Waals surface area contributed by atoms with Crippen molar-refractivity contribution in [2.75, 3.05) is 0 Å². The van der Waals surface area contributed by atoms with E-state index in [2.05, 4.69) is 0 Å². The van der Waals surface area contributed by atoms with Crippen LogP contribution in [0.25, 0.3) is 0 Å². The molecule has 15 heavy (non-hydrogen) atoms. The Morgan fingerprint density at radius 3 is 2.93 bits per heavy atom. The molecule has 2 rings (SSSR count). The number of hydrogen-bond acceptors (Lipinski definition) is 1. The summed E-state index contributed by atoms with van der Waals surface area (Å²) in [6.07, 6.45) is 1.53. The molecule has 0 spiro atoms. The van der Waals surface area contributed by atoms with E-state index in [-0.39, 0.29) is 17.8 Å². The summed E-state index contributed by atoms with van der Waals surface area (Å²) < 4.78 is 12.9. The van der Waals surface area contributed by atoms with Gasteiger partial charge in [-0.15, -0.1) is 0 Å². The van der Waals surface area contributed by atoms with Crippen LogP contribution >= 0.6 is 0 Å². The molecule has 0 aliphatic carbocycles. The topological polar surface area (TPSA) is 20.3 Å². The fourth-order valence-corrected chi connectivity index (χ4v) is 1.95. The van der Waals surface area contributed by atoms with Gasteiger partial charge in [-0.05, 0) is 31.0 Å². The molecule has 1 aromatic rings. The summed E-state index contributed by atoms with van der Waals surface area (Å²) in [5.74, 6) is -0.0708. The number of benzene rings is 1. The van der Waals surface area contributed by atoms with E-state index in [0.717, 1.165) is 12.0 Å². The fraction of sp³-hybridized carbons (Fsp3) is 0.417. The molecule has 3 heteroatoms. The van der Waals surface area contributed by atoms with Crippen LogP contribution in [0.5, 0.6) is 0 Å². The zero-order chi connectivity index (χ0) is 10.8. The molecule has 0 bridgehead atoms. The monoisotopic (exact) mass is 207 g/mol. The molecule has 1 aromatic carbocycles. The SMILES string of the molecule is CC1CCC(=O)N1Cc1cccc(F)c1. The van der Waals surface area contributed by atoms with E-state index in [4.69, 9.17) is 0 Å². The minimum absolute atomic E-state index is 0.173. The van der Waals surface area contributed by atoms with Gasteiger partial charge in [0.15, 0.2) is 0 Å². The Morgan fingerprint density at radius 1 is 1.53 bits per heavy atom. The van der Waals surface area contributed by atoms with Gasteiger partial charge < -0.3 is 4.90 Å². The van der Waals surface area contributed by atoms with Crippen molar-refractivity contribution < 1.29 is 9.18 Å². The smallest absolute Gasteiger partial charge is 0.223 e. The van der Waals surface area contributed by atoms with Gasteiger partial charge in [0.2, 0.25) is 5.91 Å². The van der Waals surface area contributed by atoms with E-state index in [0.29, 0.717) is 13.0 Å². The van der Waals surface area contributed by atoms with Gasteiger partial charge in [0, 0.05) is 19.0 Å². The second-order valence-corrected chi connectivity index (χ2v) is 4.04. The van der Waals surface area contributed by atoms with Crippen molar-refractivity contribution >= 4 is 5.91 Å². The van der Waals surface area contributed by atoms with Gasteiger partial charge in [-0.1, -0.05) is 12.1 Å². The molecule has 0 saturated carbocycles. The third kappa shape index (κ3) is 2.17. The second-order valence-electron chi connectivity index (χ2n) is 4.04. The molecule has 1 heterocycles. The first-order valence-electron chi connectivity index (χ1n) is 5.21. The van der Waals surface area contributed by atoms with E-state index in [1.165, 1.54) is 12.1 Å². The van der Waals surface area contributed by atoms with Gasteiger partial charge in [-0.2, -0.15) is 0 Å². The Balaban J connectivity index is 2.11. The van der Waals surface area contributed by atoms with Gasteiger partial charge in [-0.25, -0.2) is 4.39 Å². The standard InChI is InChI=1S/C12H14FNO/c1-9-5-6-12(15)14(9)8-10-3-2-4-11(13)7-10/h2-4,7,9H,5-6,8H2,1H3. The van der Waals surface area contributed by atoms with Crippen LogP contribution < -0.4 is 0 Å². The van der Waals surface area contributed by atoms with Crippen LogP contribution in [0.3, 0.4) is 0 Å². The summed E-state index contributed by atoms with van der Waals surface area (Å²) in [7, 11) is 0. The van der Waals surface area contributed by atoms with E-state index in [1.54, 1.807) is 6.07 Å². The van der Waals surface area contributed by atoms with Crippen LogP contribution in [0.1, 0.15) is 25.3 Å². The molecule has 1 unspecified atom stereocenters. The number of nitrogens with zero attached hydrogens (tertiary/aromatic N) is 1. The van der Waals surface area contributed by atoms with Crippen LogP contribution in [0.2, 0.25) is 0 Å². The van der Waals surface area contributed by atoms with Crippen molar-refractivity contribution in [2.24, 2.45) is 0 Å². The maximum atomic E-state index is 12.9. The predicted octanol–water partition coefficient (Wildman–Crippen LogP) is 2.34. The summed E-state index contributed by atoms with van der Waals surface area (Å²) in [6.45, 7) is 2.56. The van der Waals surface area contributed by atoms with Crippen LogP contribution in [0.4, 0.5) is 4.39 Å². The molecule has 1 saturated heterocycles. The summed E-state index contributed by atoms with van der Waals surface area (Å²) in [6, 6.07) is 6.70. The van der Waals surface area contributed by atoms with Crippen molar-refractivity contribution in [2.45, 2.75) is 32.4 Å². The Bertz CT molecular complexity index is 378. The molecule has 80 valence electrons. The maximum Gasteiger partial charge on any atom is 0.223 e. The van der Waals surface area contributed by atoms with Crippen molar-refractivity contribution in [3.05, 3.63) is 35.6 Å². The highest BCUT2D eigenvalue weighted by Crippen LogP contribution is 2.20. The number of carbonyl (C=O) groups is 1. The average Bonchev–Trinajstić information content (AvgIpc) is 2.50. The third-order valence-electron chi connectivity index (χ3n) is 2.87. The minimum Gasteiger partial charge on any atom is -0.336 e. The van der Waals surface area contributed by atoms with Crippen molar-refractivity contribution in [3.63, 3.8) is 0 Å². The molecule has 0 N–H and O–H groups in total. The Hall–Kier alpha value is -1.38. The second kappa shape index (κ2) is 4.01. The Kier molecular flexibility index (Phi) is 2.71. The predicted molar refractivity (Wildman–Crippen MR) is 55.6 cm³/mol. The van der Waals surface area contributed by atoms with Gasteiger partial charge in [0.05, 0.1) is 0 Å². The summed E-state index contributed by atoms with van der Waals surface area (Å²) in [4.78, 5) is 13.3. The highest BCUT2D eigenvalue weighted by atomic mass is 19.1. The molecular formula is C12H14FNO. The van der Waals surface area contributed by atoms with E-state index >= 15 is 0 Å². The number of hydrogen-bond donors (Lipinski definition) is 0. The fourth-order valence-electron chi connectivity index (χ4n) is 1.95. The normalized spacial score (nSPS) is 21.1. The first kappa shape index (κ1) is 10.1. The van der Waals surface area contributed by atoms with Gasteiger partial charge in [0.25, 0.3) is 0 Å². The van der Waals surface area contributed by atoms with Crippen molar-refractivity contribution in [3.8, 4) is 0 Å². The van der Waals surface area contributed by atoms with Crippen molar-refractivity contribution in [1.29, 1.82) is 0 Å². The lowest BCUT2D eigenvalue weighted by Gasteiger charge is -2.21. The first-order valence-corrected chi connectivity index (χ1v) is 5.21.